The molecule has 1 N–H and O–H groups in total. The average Bonchev–Trinajstić information content (AvgIpc) is 2.93. The predicted octanol–water partition coefficient (Wildman–Crippen LogP) is 6.30. The Kier molecular flexibility index (Phi) is 7.25. The molecule has 116 valence electrons. The van der Waals surface area contributed by atoms with Crippen molar-refractivity contribution in [1.29, 1.82) is 0 Å². The van der Waals surface area contributed by atoms with Crippen molar-refractivity contribution >= 4 is 21.4 Å². The summed E-state index contributed by atoms with van der Waals surface area (Å²) in [6.07, 6.45) is 9.31. The van der Waals surface area contributed by atoms with Crippen molar-refractivity contribution in [1.82, 2.24) is 5.32 Å². The van der Waals surface area contributed by atoms with Crippen LogP contribution in [0.3, 0.4) is 0 Å². The largest absolute Gasteiger partial charge is 0.309 e. The fraction of sp³-hybridized carbons (Fsp3) is 0.579. The third kappa shape index (κ3) is 5.12. The van der Waals surface area contributed by atoms with E-state index in [0.717, 1.165) is 6.54 Å². The van der Waals surface area contributed by atoms with Gasteiger partial charge in [-0.2, -0.15) is 0 Å². The summed E-state index contributed by atoms with van der Waals surface area (Å²) in [5.41, 5.74) is 0. The number of benzene rings is 1. The highest BCUT2D eigenvalue weighted by Crippen LogP contribution is 2.32. The predicted molar refractivity (Wildman–Crippen MR) is 96.2 cm³/mol. The molecule has 0 saturated heterocycles. The van der Waals surface area contributed by atoms with Crippen LogP contribution in [0.15, 0.2) is 30.3 Å². The Hall–Kier alpha value is -0.860. The molecule has 0 amide bonds. The van der Waals surface area contributed by atoms with Gasteiger partial charge in [-0.1, -0.05) is 64.2 Å². The van der Waals surface area contributed by atoms with Gasteiger partial charge in [0.15, 0.2) is 0 Å². The zero-order chi connectivity index (χ0) is 14.9. The Morgan fingerprint density at radius 1 is 1.00 bits per heavy atom. The lowest BCUT2D eigenvalue weighted by atomic mass is 10.0. The third-order valence-corrected chi connectivity index (χ3v) is 5.25. The van der Waals surface area contributed by atoms with E-state index >= 15 is 0 Å². The molecular formula is C19H29NS. The SMILES string of the molecule is CCCCCCCC(NCCC)c1cc2ccccc2s1. The lowest BCUT2D eigenvalue weighted by Crippen LogP contribution is -2.21. The summed E-state index contributed by atoms with van der Waals surface area (Å²) in [6.45, 7) is 5.65. The van der Waals surface area contributed by atoms with E-state index in [9.17, 15) is 0 Å². The highest BCUT2D eigenvalue weighted by atomic mass is 32.1. The first-order valence-electron chi connectivity index (χ1n) is 8.57. The monoisotopic (exact) mass is 303 g/mol. The molecule has 1 heterocycles. The van der Waals surface area contributed by atoms with Gasteiger partial charge in [0.1, 0.15) is 0 Å². The first kappa shape index (κ1) is 16.5. The van der Waals surface area contributed by atoms with E-state index in [1.165, 1.54) is 59.9 Å². The Bertz CT molecular complexity index is 484. The second-order valence-electron chi connectivity index (χ2n) is 5.90. The summed E-state index contributed by atoms with van der Waals surface area (Å²) in [6, 6.07) is 11.7. The molecule has 0 aliphatic rings. The number of rotatable bonds is 10. The molecule has 2 rings (SSSR count). The van der Waals surface area contributed by atoms with Crippen LogP contribution in [0.2, 0.25) is 0 Å². The van der Waals surface area contributed by atoms with Crippen molar-refractivity contribution < 1.29 is 0 Å². The average molecular weight is 304 g/mol. The minimum Gasteiger partial charge on any atom is -0.309 e. The Labute approximate surface area is 133 Å². The smallest absolute Gasteiger partial charge is 0.0415 e. The summed E-state index contributed by atoms with van der Waals surface area (Å²) in [5, 5.41) is 5.14. The summed E-state index contributed by atoms with van der Waals surface area (Å²) in [7, 11) is 0. The molecule has 1 unspecified atom stereocenters. The van der Waals surface area contributed by atoms with E-state index in [1.807, 2.05) is 11.3 Å². The Balaban J connectivity index is 1.97. The van der Waals surface area contributed by atoms with E-state index < -0.39 is 0 Å². The van der Waals surface area contributed by atoms with Gasteiger partial charge in [-0.15, -0.1) is 11.3 Å². The van der Waals surface area contributed by atoms with E-state index in [4.69, 9.17) is 0 Å². The van der Waals surface area contributed by atoms with E-state index in [0.29, 0.717) is 6.04 Å². The third-order valence-electron chi connectivity index (χ3n) is 4.03. The molecule has 0 saturated carbocycles. The van der Waals surface area contributed by atoms with Gasteiger partial charge in [0, 0.05) is 15.6 Å². The molecule has 0 fully saturated rings. The van der Waals surface area contributed by atoms with Crippen LogP contribution in [0.25, 0.3) is 10.1 Å². The molecule has 0 bridgehead atoms. The number of hydrogen-bond donors (Lipinski definition) is 1. The fourth-order valence-electron chi connectivity index (χ4n) is 2.79. The molecule has 2 heteroatoms. The van der Waals surface area contributed by atoms with Crippen LogP contribution in [0, 0.1) is 0 Å². The van der Waals surface area contributed by atoms with Crippen molar-refractivity contribution in [3.63, 3.8) is 0 Å². The molecule has 21 heavy (non-hydrogen) atoms. The molecule has 0 spiro atoms. The van der Waals surface area contributed by atoms with E-state index in [1.54, 1.807) is 0 Å². The van der Waals surface area contributed by atoms with Crippen LogP contribution < -0.4 is 5.32 Å². The zero-order valence-corrected chi connectivity index (χ0v) is 14.3. The van der Waals surface area contributed by atoms with Gasteiger partial charge in [-0.3, -0.25) is 0 Å². The lowest BCUT2D eigenvalue weighted by molar-refractivity contribution is 0.473. The van der Waals surface area contributed by atoms with Crippen molar-refractivity contribution in [2.24, 2.45) is 0 Å². The maximum atomic E-state index is 3.75. The van der Waals surface area contributed by atoms with Crippen LogP contribution in [0.4, 0.5) is 0 Å². The van der Waals surface area contributed by atoms with Crippen LogP contribution in [0.5, 0.6) is 0 Å². The van der Waals surface area contributed by atoms with Crippen molar-refractivity contribution in [2.75, 3.05) is 6.54 Å². The van der Waals surface area contributed by atoms with Crippen LogP contribution in [0.1, 0.15) is 69.7 Å². The van der Waals surface area contributed by atoms with Crippen LogP contribution in [-0.2, 0) is 0 Å². The van der Waals surface area contributed by atoms with Crippen molar-refractivity contribution in [3.05, 3.63) is 35.2 Å². The van der Waals surface area contributed by atoms with Crippen molar-refractivity contribution in [3.8, 4) is 0 Å². The highest BCUT2D eigenvalue weighted by Gasteiger charge is 2.13. The molecule has 0 aliphatic carbocycles. The molecular weight excluding hydrogens is 274 g/mol. The number of hydrogen-bond acceptors (Lipinski definition) is 2. The van der Waals surface area contributed by atoms with Crippen molar-refractivity contribution in [2.45, 2.75) is 64.8 Å². The molecule has 0 radical (unpaired) electrons. The molecule has 1 aromatic heterocycles. The number of thiophene rings is 1. The number of fused-ring (bicyclic) bond motifs is 1. The molecule has 1 atom stereocenters. The quantitative estimate of drug-likeness (QED) is 0.508. The van der Waals surface area contributed by atoms with E-state index in [-0.39, 0.29) is 0 Å². The van der Waals surface area contributed by atoms with Gasteiger partial charge >= 0.3 is 0 Å². The second kappa shape index (κ2) is 9.22. The summed E-state index contributed by atoms with van der Waals surface area (Å²) in [5.74, 6) is 0. The molecule has 1 aromatic carbocycles. The van der Waals surface area contributed by atoms with Gasteiger partial charge in [0.2, 0.25) is 0 Å². The molecule has 0 aliphatic heterocycles. The fourth-order valence-corrected chi connectivity index (χ4v) is 3.96. The van der Waals surface area contributed by atoms with Gasteiger partial charge in [-0.05, 0) is 36.9 Å². The summed E-state index contributed by atoms with van der Waals surface area (Å²) in [4.78, 5) is 1.51. The minimum atomic E-state index is 0.545. The minimum absolute atomic E-state index is 0.545. The van der Waals surface area contributed by atoms with Gasteiger partial charge in [-0.25, -0.2) is 0 Å². The molecule has 1 nitrogen and oxygen atoms in total. The maximum Gasteiger partial charge on any atom is 0.0415 e. The van der Waals surface area contributed by atoms with Gasteiger partial charge in [0.25, 0.3) is 0 Å². The van der Waals surface area contributed by atoms with E-state index in [2.05, 4.69) is 49.5 Å². The van der Waals surface area contributed by atoms with Gasteiger partial charge in [0.05, 0.1) is 0 Å². The highest BCUT2D eigenvalue weighted by molar-refractivity contribution is 7.19. The standard InChI is InChI=1S/C19H29NS/c1-3-5-6-7-8-12-17(20-14-4-2)19-15-16-11-9-10-13-18(16)21-19/h9-11,13,15,17,20H,3-8,12,14H2,1-2H3. The number of nitrogens with one attached hydrogen (secondary N) is 1. The summed E-state index contributed by atoms with van der Waals surface area (Å²) >= 11 is 1.96. The lowest BCUT2D eigenvalue weighted by Gasteiger charge is -2.17. The maximum absolute atomic E-state index is 3.75. The first-order chi connectivity index (χ1) is 10.3. The summed E-state index contributed by atoms with van der Waals surface area (Å²) < 4.78 is 1.42. The Morgan fingerprint density at radius 2 is 1.81 bits per heavy atom. The number of unbranched alkanes of at least 4 members (excludes halogenated alkanes) is 4. The topological polar surface area (TPSA) is 12.0 Å². The van der Waals surface area contributed by atoms with Gasteiger partial charge < -0.3 is 5.32 Å². The molecule has 2 aromatic rings. The zero-order valence-electron chi connectivity index (χ0n) is 13.5. The Morgan fingerprint density at radius 3 is 2.57 bits per heavy atom. The van der Waals surface area contributed by atoms with Crippen LogP contribution in [-0.4, -0.2) is 6.54 Å². The van der Waals surface area contributed by atoms with Crippen LogP contribution >= 0.6 is 11.3 Å². The second-order valence-corrected chi connectivity index (χ2v) is 7.01. The first-order valence-corrected chi connectivity index (χ1v) is 9.38. The normalized spacial score (nSPS) is 12.9.